The molecule has 2 aromatic rings. The van der Waals surface area contributed by atoms with Crippen molar-refractivity contribution in [2.45, 2.75) is 12.8 Å². The van der Waals surface area contributed by atoms with E-state index >= 15 is 0 Å². The number of benzene rings is 2. The highest BCUT2D eigenvalue weighted by Crippen LogP contribution is 2.33. The predicted molar refractivity (Wildman–Crippen MR) is 65.8 cm³/mol. The summed E-state index contributed by atoms with van der Waals surface area (Å²) < 4.78 is 28.3. The number of rotatable bonds is 3. The van der Waals surface area contributed by atoms with E-state index < -0.39 is 11.7 Å². The third-order valence-corrected chi connectivity index (χ3v) is 2.80. The van der Waals surface area contributed by atoms with Crippen LogP contribution in [0.1, 0.15) is 21.5 Å². The summed E-state index contributed by atoms with van der Waals surface area (Å²) in [6, 6.07) is 13.7. The standard InChI is InChI=1S/C15H12F2O/c1-11-7-5-6-10-13(11)15(16,17)14(18)12-8-3-2-4-9-12/h2-10H,1H3. The average molecular weight is 246 g/mol. The predicted octanol–water partition coefficient (Wildman–Crippen LogP) is 3.97. The molecule has 1 nitrogen and oxygen atoms in total. The van der Waals surface area contributed by atoms with Crippen LogP contribution < -0.4 is 0 Å². The molecule has 0 fully saturated rings. The highest BCUT2D eigenvalue weighted by Gasteiger charge is 2.42. The Hall–Kier alpha value is -2.03. The fourth-order valence-corrected chi connectivity index (χ4v) is 1.82. The molecular weight excluding hydrogens is 234 g/mol. The van der Waals surface area contributed by atoms with Crippen LogP contribution in [-0.4, -0.2) is 5.78 Å². The second kappa shape index (κ2) is 4.69. The number of alkyl halides is 2. The van der Waals surface area contributed by atoms with E-state index in [1.165, 1.54) is 24.3 Å². The quantitative estimate of drug-likeness (QED) is 0.749. The maximum Gasteiger partial charge on any atom is 0.335 e. The fraction of sp³-hybridized carbons (Fsp3) is 0.133. The highest BCUT2D eigenvalue weighted by molar-refractivity contribution is 6.01. The topological polar surface area (TPSA) is 17.1 Å². The van der Waals surface area contributed by atoms with Crippen molar-refractivity contribution < 1.29 is 13.6 Å². The molecule has 2 rings (SSSR count). The van der Waals surface area contributed by atoms with Gasteiger partial charge in [0.25, 0.3) is 0 Å². The monoisotopic (exact) mass is 246 g/mol. The molecule has 0 heterocycles. The Bertz CT molecular complexity index is 562. The lowest BCUT2D eigenvalue weighted by atomic mass is 9.96. The van der Waals surface area contributed by atoms with Gasteiger partial charge < -0.3 is 0 Å². The number of aryl methyl sites for hydroxylation is 1. The SMILES string of the molecule is Cc1ccccc1C(F)(F)C(=O)c1ccccc1. The minimum atomic E-state index is -3.49. The molecule has 92 valence electrons. The smallest absolute Gasteiger partial charge is 0.287 e. The van der Waals surface area contributed by atoms with Crippen LogP contribution in [-0.2, 0) is 5.92 Å². The van der Waals surface area contributed by atoms with E-state index in [1.54, 1.807) is 37.3 Å². The average Bonchev–Trinajstić information content (AvgIpc) is 2.39. The first-order valence-electron chi connectivity index (χ1n) is 5.57. The highest BCUT2D eigenvalue weighted by atomic mass is 19.3. The van der Waals surface area contributed by atoms with Crippen molar-refractivity contribution in [3.8, 4) is 0 Å². The molecule has 18 heavy (non-hydrogen) atoms. The molecule has 0 radical (unpaired) electrons. The number of carbonyl (C=O) groups excluding carboxylic acids is 1. The Morgan fingerprint density at radius 1 is 0.944 bits per heavy atom. The van der Waals surface area contributed by atoms with Crippen LogP contribution in [0, 0.1) is 6.92 Å². The first-order valence-corrected chi connectivity index (χ1v) is 5.57. The van der Waals surface area contributed by atoms with Crippen LogP contribution in [0.15, 0.2) is 54.6 Å². The third kappa shape index (κ3) is 2.16. The van der Waals surface area contributed by atoms with Crippen molar-refractivity contribution in [2.75, 3.05) is 0 Å². The van der Waals surface area contributed by atoms with Gasteiger partial charge >= 0.3 is 5.92 Å². The lowest BCUT2D eigenvalue weighted by molar-refractivity contribution is 0.00704. The molecule has 3 heteroatoms. The van der Waals surface area contributed by atoms with Gasteiger partial charge in [-0.3, -0.25) is 4.79 Å². The van der Waals surface area contributed by atoms with Crippen molar-refractivity contribution >= 4 is 5.78 Å². The number of hydrogen-bond donors (Lipinski definition) is 0. The van der Waals surface area contributed by atoms with Gasteiger partial charge in [-0.2, -0.15) is 8.78 Å². The first kappa shape index (κ1) is 12.4. The summed E-state index contributed by atoms with van der Waals surface area (Å²) in [5.74, 6) is -4.66. The van der Waals surface area contributed by atoms with E-state index in [1.807, 2.05) is 0 Å². The molecule has 0 aromatic heterocycles. The summed E-state index contributed by atoms with van der Waals surface area (Å²) in [6.45, 7) is 1.57. The maximum atomic E-state index is 14.1. The van der Waals surface area contributed by atoms with Crippen molar-refractivity contribution in [2.24, 2.45) is 0 Å². The Morgan fingerprint density at radius 3 is 2.11 bits per heavy atom. The first-order chi connectivity index (χ1) is 8.53. The lowest BCUT2D eigenvalue weighted by Gasteiger charge is -2.17. The Morgan fingerprint density at radius 2 is 1.50 bits per heavy atom. The summed E-state index contributed by atoms with van der Waals surface area (Å²) in [5.41, 5.74) is 0.191. The van der Waals surface area contributed by atoms with E-state index in [2.05, 4.69) is 0 Å². The van der Waals surface area contributed by atoms with Gasteiger partial charge in [-0.1, -0.05) is 54.6 Å². The van der Waals surface area contributed by atoms with Gasteiger partial charge in [-0.25, -0.2) is 0 Å². The van der Waals surface area contributed by atoms with Gasteiger partial charge in [0.1, 0.15) is 0 Å². The Kier molecular flexibility index (Phi) is 3.24. The molecule has 0 bridgehead atoms. The molecule has 0 atom stereocenters. The maximum absolute atomic E-state index is 14.1. The zero-order chi connectivity index (χ0) is 13.2. The van der Waals surface area contributed by atoms with E-state index in [0.29, 0.717) is 5.56 Å². The van der Waals surface area contributed by atoms with Gasteiger partial charge in [0.2, 0.25) is 5.78 Å². The molecule has 0 saturated heterocycles. The van der Waals surface area contributed by atoms with Crippen LogP contribution >= 0.6 is 0 Å². The minimum Gasteiger partial charge on any atom is -0.287 e. The lowest BCUT2D eigenvalue weighted by Crippen LogP contribution is -2.27. The number of halogens is 2. The normalized spacial score (nSPS) is 11.3. The number of hydrogen-bond acceptors (Lipinski definition) is 1. The van der Waals surface area contributed by atoms with E-state index in [9.17, 15) is 13.6 Å². The van der Waals surface area contributed by atoms with Crippen molar-refractivity contribution in [3.63, 3.8) is 0 Å². The zero-order valence-corrected chi connectivity index (χ0v) is 9.86. The van der Waals surface area contributed by atoms with Crippen LogP contribution in [0.3, 0.4) is 0 Å². The zero-order valence-electron chi connectivity index (χ0n) is 9.86. The second-order valence-electron chi connectivity index (χ2n) is 4.08. The Balaban J connectivity index is 2.44. The summed E-state index contributed by atoms with van der Waals surface area (Å²) in [4.78, 5) is 11.9. The van der Waals surface area contributed by atoms with Crippen molar-refractivity contribution in [1.82, 2.24) is 0 Å². The molecule has 0 unspecified atom stereocenters. The van der Waals surface area contributed by atoms with Gasteiger partial charge in [0, 0.05) is 11.1 Å². The molecule has 0 aliphatic rings. The van der Waals surface area contributed by atoms with Crippen molar-refractivity contribution in [1.29, 1.82) is 0 Å². The summed E-state index contributed by atoms with van der Waals surface area (Å²) >= 11 is 0. The molecule has 0 aliphatic carbocycles. The fourth-order valence-electron chi connectivity index (χ4n) is 1.82. The largest absolute Gasteiger partial charge is 0.335 e. The molecule has 0 saturated carbocycles. The van der Waals surface area contributed by atoms with E-state index in [4.69, 9.17) is 0 Å². The van der Waals surface area contributed by atoms with Gasteiger partial charge in [-0.15, -0.1) is 0 Å². The van der Waals surface area contributed by atoms with Crippen LogP contribution in [0.25, 0.3) is 0 Å². The summed E-state index contributed by atoms with van der Waals surface area (Å²) in [5, 5.41) is 0. The Labute approximate surface area is 104 Å². The van der Waals surface area contributed by atoms with E-state index in [0.717, 1.165) is 0 Å². The number of Topliss-reactive ketones (excluding diaryl/α,β-unsaturated/α-hetero) is 1. The second-order valence-corrected chi connectivity index (χ2v) is 4.08. The van der Waals surface area contributed by atoms with E-state index in [-0.39, 0.29) is 11.1 Å². The summed E-state index contributed by atoms with van der Waals surface area (Å²) in [6.07, 6.45) is 0. The molecular formula is C15H12F2O. The molecule has 0 aliphatic heterocycles. The van der Waals surface area contributed by atoms with Gasteiger partial charge in [0.05, 0.1) is 0 Å². The summed E-state index contributed by atoms with van der Waals surface area (Å²) in [7, 11) is 0. The third-order valence-electron chi connectivity index (χ3n) is 2.80. The molecule has 0 amide bonds. The minimum absolute atomic E-state index is 0.0192. The van der Waals surface area contributed by atoms with Crippen molar-refractivity contribution in [3.05, 3.63) is 71.3 Å². The number of carbonyl (C=O) groups is 1. The van der Waals surface area contributed by atoms with Gasteiger partial charge in [-0.05, 0) is 12.5 Å². The van der Waals surface area contributed by atoms with Crippen LogP contribution in [0.5, 0.6) is 0 Å². The van der Waals surface area contributed by atoms with Gasteiger partial charge in [0.15, 0.2) is 0 Å². The van der Waals surface area contributed by atoms with Crippen LogP contribution in [0.2, 0.25) is 0 Å². The van der Waals surface area contributed by atoms with Crippen LogP contribution in [0.4, 0.5) is 8.78 Å². The molecule has 0 spiro atoms. The number of ketones is 1. The molecule has 0 N–H and O–H groups in total. The molecule has 2 aromatic carbocycles.